The number of alkyl halides is 1. The van der Waals surface area contributed by atoms with E-state index in [1.807, 2.05) is 12.1 Å². The van der Waals surface area contributed by atoms with Crippen LogP contribution in [0.2, 0.25) is 0 Å². The van der Waals surface area contributed by atoms with Crippen LogP contribution in [-0.4, -0.2) is 25.2 Å². The molecule has 2 aromatic heterocycles. The van der Waals surface area contributed by atoms with Gasteiger partial charge >= 0.3 is 5.16 Å². The highest BCUT2D eigenvalue weighted by molar-refractivity contribution is 14.1. The number of hydrogen-bond acceptors (Lipinski definition) is 3. The highest BCUT2D eigenvalue weighted by Crippen LogP contribution is 2.28. The zero-order chi connectivity index (χ0) is 12.1. The summed E-state index contributed by atoms with van der Waals surface area (Å²) < 4.78 is 3.16. The minimum atomic E-state index is 0. The second kappa shape index (κ2) is 5.32. The number of para-hydroxylation sites is 1. The number of fused-ring (bicyclic) bond motifs is 4. The number of nitrogens with zero attached hydrogens (tertiary/aromatic N) is 3. The van der Waals surface area contributed by atoms with E-state index in [2.05, 4.69) is 44.4 Å². The van der Waals surface area contributed by atoms with Crippen LogP contribution in [0.3, 0.4) is 0 Å². The summed E-state index contributed by atoms with van der Waals surface area (Å²) in [5.41, 5.74) is 2.98. The van der Waals surface area contributed by atoms with E-state index in [0.29, 0.717) is 6.04 Å². The average Bonchev–Trinajstić information content (AvgIpc) is 2.96. The number of halogens is 2. The van der Waals surface area contributed by atoms with E-state index in [1.165, 1.54) is 0 Å². The quantitative estimate of drug-likeness (QED) is 0.281. The number of H-pyrrole nitrogens is 1. The molecule has 1 aliphatic rings. The van der Waals surface area contributed by atoms with Crippen LogP contribution < -0.4 is 28.7 Å². The van der Waals surface area contributed by atoms with Gasteiger partial charge in [0.1, 0.15) is 6.04 Å². The molecule has 0 radical (unpaired) electrons. The van der Waals surface area contributed by atoms with Gasteiger partial charge in [0.05, 0.1) is 5.52 Å². The second-order valence-electron chi connectivity index (χ2n) is 4.33. The molecule has 0 spiro atoms. The summed E-state index contributed by atoms with van der Waals surface area (Å²) in [5, 5.41) is 6.97. The standard InChI is InChI=1S/C12H9IN4S.HI/c13-5-7-6-18-12-15-11-10(16-17(7)12)8-3-1-2-4-9(8)14-11;/h1-4,7H,5-6H2;1H. The van der Waals surface area contributed by atoms with Gasteiger partial charge in [0, 0.05) is 15.6 Å². The Hall–Kier alpha value is -0.160. The topological polar surface area (TPSA) is 45.5 Å². The van der Waals surface area contributed by atoms with Gasteiger partial charge in [-0.2, -0.15) is 0 Å². The smallest absolute Gasteiger partial charge is 0.382 e. The molecule has 3 heterocycles. The van der Waals surface area contributed by atoms with Gasteiger partial charge in [-0.25, -0.2) is 0 Å². The fourth-order valence-corrected chi connectivity index (χ4v) is 4.47. The molecule has 3 aromatic rings. The van der Waals surface area contributed by atoms with Crippen LogP contribution in [0.25, 0.3) is 22.1 Å². The van der Waals surface area contributed by atoms with Crippen molar-refractivity contribution in [2.75, 3.05) is 10.2 Å². The molecule has 19 heavy (non-hydrogen) atoms. The van der Waals surface area contributed by atoms with Crippen LogP contribution in [0.5, 0.6) is 0 Å². The van der Waals surface area contributed by atoms with E-state index < -0.39 is 0 Å². The number of rotatable bonds is 1. The molecule has 4 rings (SSSR count). The monoisotopic (exact) mass is 496 g/mol. The Morgan fingerprint density at radius 3 is 3.11 bits per heavy atom. The molecule has 0 saturated carbocycles. The lowest BCUT2D eigenvalue weighted by molar-refractivity contribution is -0.798. The molecule has 1 unspecified atom stereocenters. The van der Waals surface area contributed by atoms with Crippen LogP contribution >= 0.6 is 34.4 Å². The van der Waals surface area contributed by atoms with Crippen molar-refractivity contribution < 1.29 is 28.7 Å². The van der Waals surface area contributed by atoms with E-state index in [1.54, 1.807) is 11.8 Å². The zero-order valence-electron chi connectivity index (χ0n) is 9.81. The summed E-state index contributed by atoms with van der Waals surface area (Å²) >= 11 is 4.21. The van der Waals surface area contributed by atoms with Crippen molar-refractivity contribution in [2.45, 2.75) is 11.2 Å². The molecule has 0 bridgehead atoms. The van der Waals surface area contributed by atoms with E-state index in [0.717, 1.165) is 37.4 Å². The van der Waals surface area contributed by atoms with Crippen LogP contribution in [0.4, 0.5) is 0 Å². The zero-order valence-corrected chi connectivity index (χ0v) is 14.9. The number of hydrogen-bond donors (Lipinski definition) is 1. The highest BCUT2D eigenvalue weighted by atomic mass is 127. The minimum absolute atomic E-state index is 0. The van der Waals surface area contributed by atoms with Crippen molar-refractivity contribution in [3.63, 3.8) is 0 Å². The third kappa shape index (κ3) is 2.13. The molecule has 1 aliphatic heterocycles. The molecule has 1 atom stereocenters. The van der Waals surface area contributed by atoms with Gasteiger partial charge in [-0.3, -0.25) is 0 Å². The summed E-state index contributed by atoms with van der Waals surface area (Å²) in [7, 11) is 0. The first-order valence-electron chi connectivity index (χ1n) is 5.76. The van der Waals surface area contributed by atoms with Gasteiger partial charge in [0.25, 0.3) is 5.65 Å². The van der Waals surface area contributed by atoms with Crippen molar-refractivity contribution in [3.8, 4) is 0 Å². The highest BCUT2D eigenvalue weighted by Gasteiger charge is 2.33. The molecule has 0 saturated heterocycles. The fourth-order valence-electron chi connectivity index (χ4n) is 2.28. The maximum absolute atomic E-state index is 4.79. The lowest BCUT2D eigenvalue weighted by atomic mass is 10.2. The normalized spacial score (nSPS) is 17.6. The summed E-state index contributed by atoms with van der Waals surface area (Å²) in [6.07, 6.45) is 0. The molecule has 0 fully saturated rings. The first-order valence-corrected chi connectivity index (χ1v) is 8.27. The lowest BCUT2D eigenvalue weighted by Gasteiger charge is -2.00. The van der Waals surface area contributed by atoms with Crippen LogP contribution in [0.1, 0.15) is 6.04 Å². The Balaban J connectivity index is 0.00000110. The van der Waals surface area contributed by atoms with E-state index in [9.17, 15) is 0 Å². The molecule has 7 heteroatoms. The van der Waals surface area contributed by atoms with E-state index in [-0.39, 0.29) is 24.0 Å². The Morgan fingerprint density at radius 1 is 1.42 bits per heavy atom. The van der Waals surface area contributed by atoms with Gasteiger partial charge in [0.2, 0.25) is 0 Å². The summed E-state index contributed by atoms with van der Waals surface area (Å²) in [4.78, 5) is 8.03. The number of benzene rings is 1. The Kier molecular flexibility index (Phi) is 3.87. The molecular formula is C12H10I2N4S. The second-order valence-corrected chi connectivity index (χ2v) is 6.19. The Morgan fingerprint density at radius 2 is 2.26 bits per heavy atom. The van der Waals surface area contributed by atoms with Crippen molar-refractivity contribution in [3.05, 3.63) is 24.3 Å². The maximum Gasteiger partial charge on any atom is 0.382 e. The van der Waals surface area contributed by atoms with Gasteiger partial charge in [-0.05, 0) is 22.8 Å². The third-order valence-electron chi connectivity index (χ3n) is 3.20. The number of aromatic nitrogens is 4. The van der Waals surface area contributed by atoms with Crippen LogP contribution in [0, 0.1) is 0 Å². The number of nitrogens with one attached hydrogen (secondary N) is 1. The van der Waals surface area contributed by atoms with Gasteiger partial charge in [0.15, 0.2) is 5.52 Å². The molecule has 1 aromatic carbocycles. The van der Waals surface area contributed by atoms with Crippen LogP contribution in [0.15, 0.2) is 29.4 Å². The number of aromatic amines is 1. The Labute approximate surface area is 144 Å². The van der Waals surface area contributed by atoms with Gasteiger partial charge < -0.3 is 29.0 Å². The molecular weight excluding hydrogens is 486 g/mol. The van der Waals surface area contributed by atoms with Crippen molar-refractivity contribution in [2.24, 2.45) is 0 Å². The number of thioether (sulfide) groups is 1. The first-order chi connectivity index (χ1) is 8.86. The third-order valence-corrected chi connectivity index (χ3v) is 5.30. The SMILES string of the molecule is ICC1CSc2nc3[nH]c4ccccc4c3n[n+]21.[I-]. The molecule has 98 valence electrons. The Bertz CT molecular complexity index is 758. The van der Waals surface area contributed by atoms with E-state index in [4.69, 9.17) is 10.1 Å². The lowest BCUT2D eigenvalue weighted by Crippen LogP contribution is -3.00. The molecule has 1 N–H and O–H groups in total. The molecule has 0 aliphatic carbocycles. The predicted molar refractivity (Wildman–Crippen MR) is 80.2 cm³/mol. The predicted octanol–water partition coefficient (Wildman–Crippen LogP) is -0.516. The van der Waals surface area contributed by atoms with Crippen molar-refractivity contribution >= 4 is 56.4 Å². The van der Waals surface area contributed by atoms with Crippen LogP contribution in [-0.2, 0) is 0 Å². The summed E-state index contributed by atoms with van der Waals surface area (Å²) in [6, 6.07) is 8.70. The van der Waals surface area contributed by atoms with Gasteiger partial charge in [-0.15, -0.1) is 4.68 Å². The van der Waals surface area contributed by atoms with Crippen molar-refractivity contribution in [1.29, 1.82) is 0 Å². The summed E-state index contributed by atoms with van der Waals surface area (Å²) in [6.45, 7) is 0. The van der Waals surface area contributed by atoms with Crippen molar-refractivity contribution in [1.82, 2.24) is 15.1 Å². The van der Waals surface area contributed by atoms with E-state index >= 15 is 0 Å². The largest absolute Gasteiger partial charge is 1.00 e. The minimum Gasteiger partial charge on any atom is -1.00 e. The summed E-state index contributed by atoms with van der Waals surface area (Å²) in [5.74, 6) is 1.08. The average molecular weight is 496 g/mol. The maximum atomic E-state index is 4.79. The fraction of sp³-hybridized carbons (Fsp3) is 0.250. The molecule has 4 nitrogen and oxygen atoms in total. The van der Waals surface area contributed by atoms with Gasteiger partial charge in [-0.1, -0.05) is 45.9 Å². The molecule has 0 amide bonds. The first kappa shape index (κ1) is 13.8.